The molecule has 0 saturated carbocycles. The normalized spacial score (nSPS) is 22.3. The molecule has 2 rings (SSSR count). The summed E-state index contributed by atoms with van der Waals surface area (Å²) in [4.78, 5) is 12.3. The number of rotatable bonds is 3. The van der Waals surface area contributed by atoms with Crippen molar-refractivity contribution in [2.75, 3.05) is 11.9 Å². The molecule has 1 aliphatic rings. The summed E-state index contributed by atoms with van der Waals surface area (Å²) in [7, 11) is 0. The van der Waals surface area contributed by atoms with Gasteiger partial charge < -0.3 is 15.7 Å². The molecule has 7 heteroatoms. The van der Waals surface area contributed by atoms with Gasteiger partial charge in [-0.2, -0.15) is 13.2 Å². The second-order valence-electron chi connectivity index (χ2n) is 5.15. The molecule has 0 aliphatic carbocycles. The van der Waals surface area contributed by atoms with E-state index in [1.807, 2.05) is 6.92 Å². The number of phenolic OH excluding ortho intramolecular Hbond substituents is 1. The summed E-state index contributed by atoms with van der Waals surface area (Å²) in [5.74, 6) is -0.808. The maximum atomic E-state index is 12.7. The van der Waals surface area contributed by atoms with Gasteiger partial charge in [-0.25, -0.2) is 0 Å². The van der Waals surface area contributed by atoms with Crippen LogP contribution in [0.2, 0.25) is 0 Å². The highest BCUT2D eigenvalue weighted by molar-refractivity contribution is 5.99. The fourth-order valence-corrected chi connectivity index (χ4v) is 2.52. The van der Waals surface area contributed by atoms with Gasteiger partial charge >= 0.3 is 6.18 Å². The molecule has 1 unspecified atom stereocenters. The summed E-state index contributed by atoms with van der Waals surface area (Å²) >= 11 is 0. The summed E-state index contributed by atoms with van der Waals surface area (Å²) < 4.78 is 38.0. The molecule has 0 aromatic heterocycles. The van der Waals surface area contributed by atoms with E-state index in [2.05, 4.69) is 10.6 Å². The minimum absolute atomic E-state index is 0.226. The van der Waals surface area contributed by atoms with Crippen LogP contribution in [0.4, 0.5) is 18.9 Å². The number of hydrogen-bond acceptors (Lipinski definition) is 3. The number of halogens is 3. The molecule has 3 N–H and O–H groups in total. The van der Waals surface area contributed by atoms with Crippen LogP contribution in [0, 0.1) is 0 Å². The molecule has 1 heterocycles. The zero-order chi connectivity index (χ0) is 15.7. The minimum atomic E-state index is -4.53. The summed E-state index contributed by atoms with van der Waals surface area (Å²) in [6.07, 6.45) is -2.55. The zero-order valence-electron chi connectivity index (χ0n) is 11.5. The van der Waals surface area contributed by atoms with Crippen molar-refractivity contribution in [2.24, 2.45) is 0 Å². The van der Waals surface area contributed by atoms with Crippen LogP contribution in [0.5, 0.6) is 5.75 Å². The third kappa shape index (κ3) is 3.12. The molecular weight excluding hydrogens is 285 g/mol. The predicted octanol–water partition coefficient (Wildman–Crippen LogP) is 2.88. The van der Waals surface area contributed by atoms with Gasteiger partial charge in [-0.05, 0) is 44.0 Å². The minimum Gasteiger partial charge on any atom is -0.506 e. The molecule has 0 bridgehead atoms. The Bertz CT molecular complexity index is 538. The number of anilines is 1. The molecule has 1 aliphatic heterocycles. The SMILES string of the molecule is CCC1(C(=O)Nc2cc(C(F)(F)F)ccc2O)CCCN1. The van der Waals surface area contributed by atoms with Crippen LogP contribution in [0.1, 0.15) is 31.7 Å². The number of alkyl halides is 3. The molecule has 0 spiro atoms. The quantitative estimate of drug-likeness (QED) is 0.752. The van der Waals surface area contributed by atoms with E-state index in [0.717, 1.165) is 24.6 Å². The Labute approximate surface area is 120 Å². The molecule has 21 heavy (non-hydrogen) atoms. The highest BCUT2D eigenvalue weighted by atomic mass is 19.4. The van der Waals surface area contributed by atoms with Crippen molar-refractivity contribution < 1.29 is 23.1 Å². The smallest absolute Gasteiger partial charge is 0.416 e. The standard InChI is InChI=1S/C14H17F3N2O2/c1-2-13(6-3-7-18-13)12(21)19-10-8-9(14(15,16)17)4-5-11(10)20/h4-5,8,18,20H,2-3,6-7H2,1H3,(H,19,21). The first-order valence-corrected chi connectivity index (χ1v) is 6.75. The van der Waals surface area contributed by atoms with Crippen LogP contribution in [-0.2, 0) is 11.0 Å². The Morgan fingerprint density at radius 3 is 2.71 bits per heavy atom. The third-order valence-corrected chi connectivity index (χ3v) is 3.85. The first-order valence-electron chi connectivity index (χ1n) is 6.75. The molecule has 116 valence electrons. The molecule has 1 amide bonds. The summed E-state index contributed by atoms with van der Waals surface area (Å²) in [6.45, 7) is 2.53. The van der Waals surface area contributed by atoms with E-state index in [9.17, 15) is 23.1 Å². The van der Waals surface area contributed by atoms with Crippen LogP contribution < -0.4 is 10.6 Å². The first kappa shape index (κ1) is 15.6. The lowest BCUT2D eigenvalue weighted by atomic mass is 9.93. The van der Waals surface area contributed by atoms with Gasteiger partial charge in [0.15, 0.2) is 0 Å². The second-order valence-corrected chi connectivity index (χ2v) is 5.15. The summed E-state index contributed by atoms with van der Waals surface area (Å²) in [6, 6.07) is 2.44. The van der Waals surface area contributed by atoms with Gasteiger partial charge in [-0.15, -0.1) is 0 Å². The van der Waals surface area contributed by atoms with Gasteiger partial charge in [0.1, 0.15) is 5.75 Å². The average molecular weight is 302 g/mol. The summed E-state index contributed by atoms with van der Waals surface area (Å²) in [5, 5.41) is 15.1. The maximum Gasteiger partial charge on any atom is 0.416 e. The Kier molecular flexibility index (Phi) is 4.13. The number of carbonyl (C=O) groups excluding carboxylic acids is 1. The highest BCUT2D eigenvalue weighted by Gasteiger charge is 2.39. The predicted molar refractivity (Wildman–Crippen MR) is 72.0 cm³/mol. The van der Waals surface area contributed by atoms with Crippen LogP contribution in [0.3, 0.4) is 0 Å². The Morgan fingerprint density at radius 1 is 1.48 bits per heavy atom. The van der Waals surface area contributed by atoms with Crippen molar-refractivity contribution in [2.45, 2.75) is 37.9 Å². The lowest BCUT2D eigenvalue weighted by molar-refractivity contribution is -0.137. The van der Waals surface area contributed by atoms with Gasteiger partial charge in [0.2, 0.25) is 5.91 Å². The van der Waals surface area contributed by atoms with Gasteiger partial charge in [0.25, 0.3) is 0 Å². The summed E-state index contributed by atoms with van der Waals surface area (Å²) in [5.41, 5.74) is -1.92. The average Bonchev–Trinajstić information content (AvgIpc) is 2.90. The van der Waals surface area contributed by atoms with E-state index in [0.29, 0.717) is 19.4 Å². The van der Waals surface area contributed by atoms with Gasteiger partial charge in [-0.1, -0.05) is 6.92 Å². The second kappa shape index (κ2) is 5.55. The van der Waals surface area contributed by atoms with Crippen molar-refractivity contribution in [1.82, 2.24) is 5.32 Å². The Balaban J connectivity index is 2.25. The molecule has 0 radical (unpaired) electrons. The van der Waals surface area contributed by atoms with Gasteiger partial charge in [0, 0.05) is 0 Å². The van der Waals surface area contributed by atoms with E-state index in [4.69, 9.17) is 0 Å². The van der Waals surface area contributed by atoms with Crippen molar-refractivity contribution in [3.8, 4) is 5.75 Å². The monoisotopic (exact) mass is 302 g/mol. The molecule has 1 fully saturated rings. The number of phenols is 1. The Hall–Kier alpha value is -1.76. The molecule has 4 nitrogen and oxygen atoms in total. The topological polar surface area (TPSA) is 61.4 Å². The lowest BCUT2D eigenvalue weighted by Gasteiger charge is -2.27. The van der Waals surface area contributed by atoms with Gasteiger partial charge in [0.05, 0.1) is 16.8 Å². The Morgan fingerprint density at radius 2 is 2.19 bits per heavy atom. The molecule has 1 aromatic carbocycles. The number of amides is 1. The van der Waals surface area contributed by atoms with Gasteiger partial charge in [-0.3, -0.25) is 4.79 Å². The number of hydrogen-bond donors (Lipinski definition) is 3. The van der Waals surface area contributed by atoms with E-state index in [1.54, 1.807) is 0 Å². The number of nitrogens with one attached hydrogen (secondary N) is 2. The van der Waals surface area contributed by atoms with Crippen molar-refractivity contribution >= 4 is 11.6 Å². The van der Waals surface area contributed by atoms with E-state index < -0.39 is 23.2 Å². The van der Waals surface area contributed by atoms with E-state index >= 15 is 0 Å². The zero-order valence-corrected chi connectivity index (χ0v) is 11.5. The van der Waals surface area contributed by atoms with Crippen LogP contribution >= 0.6 is 0 Å². The van der Waals surface area contributed by atoms with Crippen LogP contribution in [-0.4, -0.2) is 23.1 Å². The lowest BCUT2D eigenvalue weighted by Crippen LogP contribution is -2.50. The molecule has 1 aromatic rings. The largest absolute Gasteiger partial charge is 0.506 e. The van der Waals surface area contributed by atoms with Crippen molar-refractivity contribution in [3.63, 3.8) is 0 Å². The fourth-order valence-electron chi connectivity index (χ4n) is 2.52. The van der Waals surface area contributed by atoms with E-state index in [-0.39, 0.29) is 11.4 Å². The van der Waals surface area contributed by atoms with Crippen molar-refractivity contribution in [1.29, 1.82) is 0 Å². The highest BCUT2D eigenvalue weighted by Crippen LogP contribution is 2.35. The first-order chi connectivity index (χ1) is 9.78. The third-order valence-electron chi connectivity index (χ3n) is 3.85. The number of aromatic hydroxyl groups is 1. The number of carbonyl (C=O) groups is 1. The van der Waals surface area contributed by atoms with Crippen LogP contribution in [0.25, 0.3) is 0 Å². The molecule has 1 atom stereocenters. The molecular formula is C14H17F3N2O2. The maximum absolute atomic E-state index is 12.7. The molecule has 1 saturated heterocycles. The van der Waals surface area contributed by atoms with Crippen LogP contribution in [0.15, 0.2) is 18.2 Å². The fraction of sp³-hybridized carbons (Fsp3) is 0.500. The van der Waals surface area contributed by atoms with E-state index in [1.165, 1.54) is 0 Å². The number of benzene rings is 1. The van der Waals surface area contributed by atoms with Crippen molar-refractivity contribution in [3.05, 3.63) is 23.8 Å².